The lowest BCUT2D eigenvalue weighted by molar-refractivity contribution is 0.590. The summed E-state index contributed by atoms with van der Waals surface area (Å²) in [5.41, 5.74) is 3.98. The zero-order valence-electron chi connectivity index (χ0n) is 12.8. The van der Waals surface area contributed by atoms with Gasteiger partial charge < -0.3 is 5.32 Å². The molecule has 3 rings (SSSR count). The first-order valence-corrected chi connectivity index (χ1v) is 8.41. The van der Waals surface area contributed by atoms with E-state index in [4.69, 9.17) is 11.6 Å². The van der Waals surface area contributed by atoms with Crippen LogP contribution >= 0.6 is 22.9 Å². The normalized spacial score (nSPS) is 17.2. The number of nitriles is 1. The monoisotopic (exact) mass is 328 g/mol. The van der Waals surface area contributed by atoms with Gasteiger partial charge in [0, 0.05) is 16.6 Å². The molecular formula is C18H17ClN2S. The molecule has 1 atom stereocenters. The molecule has 2 heterocycles. The summed E-state index contributed by atoms with van der Waals surface area (Å²) in [6.45, 7) is 6.62. The highest BCUT2D eigenvalue weighted by Crippen LogP contribution is 2.41. The number of nitrogens with one attached hydrogen (secondary N) is 1. The standard InChI is InChI=1S/C18H17ClN2S/c1-18(2,3)13-6-4-11(5-7-13)15-8-14-16(22-15)12(9-20)10-21-17(14)19/h4-8,10,17,21H,1-3H3. The number of nitrogens with zero attached hydrogens (tertiary/aromatic N) is 1. The molecule has 0 amide bonds. The average Bonchev–Trinajstić information content (AvgIpc) is 2.93. The lowest BCUT2D eigenvalue weighted by atomic mass is 9.86. The van der Waals surface area contributed by atoms with Crippen molar-refractivity contribution in [3.63, 3.8) is 0 Å². The zero-order chi connectivity index (χ0) is 15.9. The Morgan fingerprint density at radius 2 is 1.91 bits per heavy atom. The van der Waals surface area contributed by atoms with Gasteiger partial charge in [-0.05, 0) is 22.6 Å². The summed E-state index contributed by atoms with van der Waals surface area (Å²) in [4.78, 5) is 2.11. The van der Waals surface area contributed by atoms with Gasteiger partial charge in [-0.15, -0.1) is 11.3 Å². The van der Waals surface area contributed by atoms with Crippen molar-refractivity contribution in [3.05, 3.63) is 52.5 Å². The number of allylic oxidation sites excluding steroid dienone is 1. The van der Waals surface area contributed by atoms with Crippen molar-refractivity contribution in [1.82, 2.24) is 5.32 Å². The van der Waals surface area contributed by atoms with Crippen molar-refractivity contribution in [1.29, 1.82) is 5.26 Å². The van der Waals surface area contributed by atoms with Crippen molar-refractivity contribution in [2.75, 3.05) is 0 Å². The highest BCUT2D eigenvalue weighted by atomic mass is 35.5. The maximum absolute atomic E-state index is 9.24. The van der Waals surface area contributed by atoms with Gasteiger partial charge in [-0.25, -0.2) is 0 Å². The van der Waals surface area contributed by atoms with E-state index in [-0.39, 0.29) is 10.9 Å². The molecule has 2 nitrogen and oxygen atoms in total. The molecule has 22 heavy (non-hydrogen) atoms. The molecule has 0 saturated heterocycles. The van der Waals surface area contributed by atoms with Gasteiger partial charge >= 0.3 is 0 Å². The molecule has 4 heteroatoms. The van der Waals surface area contributed by atoms with Crippen LogP contribution in [0.4, 0.5) is 0 Å². The first-order valence-electron chi connectivity index (χ1n) is 7.15. The SMILES string of the molecule is CC(C)(C)c1ccc(-c2cc3c(s2)C(C#N)=CNC3Cl)cc1. The highest BCUT2D eigenvalue weighted by Gasteiger charge is 2.23. The predicted octanol–water partition coefficient (Wildman–Crippen LogP) is 5.42. The lowest BCUT2D eigenvalue weighted by Gasteiger charge is -2.18. The Labute approximate surface area is 140 Å². The quantitative estimate of drug-likeness (QED) is 0.560. The molecule has 0 saturated carbocycles. The Morgan fingerprint density at radius 3 is 2.50 bits per heavy atom. The van der Waals surface area contributed by atoms with E-state index in [0.29, 0.717) is 5.57 Å². The van der Waals surface area contributed by atoms with Crippen LogP contribution in [0.1, 0.15) is 42.3 Å². The van der Waals surface area contributed by atoms with Gasteiger partial charge in [0.2, 0.25) is 0 Å². The van der Waals surface area contributed by atoms with Crippen LogP contribution in [-0.2, 0) is 5.41 Å². The van der Waals surface area contributed by atoms with Crippen LogP contribution in [0.3, 0.4) is 0 Å². The van der Waals surface area contributed by atoms with Crippen LogP contribution in [0.2, 0.25) is 0 Å². The third-order valence-corrected chi connectivity index (χ3v) is 5.40. The largest absolute Gasteiger partial charge is 0.370 e. The molecule has 112 valence electrons. The first-order chi connectivity index (χ1) is 10.4. The second-order valence-corrected chi connectivity index (χ2v) is 7.91. The summed E-state index contributed by atoms with van der Waals surface area (Å²) >= 11 is 7.92. The minimum atomic E-state index is -0.272. The molecule has 1 aliphatic rings. The maximum atomic E-state index is 9.24. The van der Waals surface area contributed by atoms with Crippen molar-refractivity contribution in [2.45, 2.75) is 31.7 Å². The Hall–Kier alpha value is -1.76. The Kier molecular flexibility index (Phi) is 3.76. The van der Waals surface area contributed by atoms with Crippen LogP contribution in [-0.4, -0.2) is 0 Å². The second kappa shape index (κ2) is 5.46. The van der Waals surface area contributed by atoms with Crippen molar-refractivity contribution in [2.24, 2.45) is 0 Å². The molecule has 1 N–H and O–H groups in total. The summed E-state index contributed by atoms with van der Waals surface area (Å²) in [6, 6.07) is 12.9. The first kappa shape index (κ1) is 15.1. The number of rotatable bonds is 1. The number of alkyl halides is 1. The predicted molar refractivity (Wildman–Crippen MR) is 93.8 cm³/mol. The number of thiophene rings is 1. The topological polar surface area (TPSA) is 35.8 Å². The fourth-order valence-electron chi connectivity index (χ4n) is 2.48. The fourth-order valence-corrected chi connectivity index (χ4v) is 3.94. The van der Waals surface area contributed by atoms with Gasteiger partial charge in [-0.3, -0.25) is 0 Å². The molecule has 2 aromatic rings. The van der Waals surface area contributed by atoms with Crippen LogP contribution in [0.15, 0.2) is 36.5 Å². The van der Waals surface area contributed by atoms with Crippen LogP contribution < -0.4 is 5.32 Å². The Morgan fingerprint density at radius 1 is 1.23 bits per heavy atom. The lowest BCUT2D eigenvalue weighted by Crippen LogP contribution is -2.14. The molecule has 0 fully saturated rings. The molecule has 1 unspecified atom stereocenters. The summed E-state index contributed by atoms with van der Waals surface area (Å²) in [6.07, 6.45) is 1.70. The minimum absolute atomic E-state index is 0.148. The van der Waals surface area contributed by atoms with Crippen molar-refractivity contribution >= 4 is 28.5 Å². The van der Waals surface area contributed by atoms with Crippen molar-refractivity contribution in [3.8, 4) is 16.5 Å². The van der Waals surface area contributed by atoms with E-state index in [9.17, 15) is 5.26 Å². The van der Waals surface area contributed by atoms with E-state index in [0.717, 1.165) is 20.9 Å². The number of hydrogen-bond donors (Lipinski definition) is 1. The van der Waals surface area contributed by atoms with Crippen LogP contribution in [0.5, 0.6) is 0 Å². The smallest absolute Gasteiger partial charge is 0.128 e. The third kappa shape index (κ3) is 2.65. The molecule has 1 aromatic heterocycles. The zero-order valence-corrected chi connectivity index (χ0v) is 14.3. The van der Waals surface area contributed by atoms with E-state index in [1.165, 1.54) is 5.56 Å². The molecule has 1 aliphatic heterocycles. The number of hydrogen-bond acceptors (Lipinski definition) is 3. The molecule has 0 radical (unpaired) electrons. The molecule has 0 spiro atoms. The van der Waals surface area contributed by atoms with Crippen molar-refractivity contribution < 1.29 is 0 Å². The fraction of sp³-hybridized carbons (Fsp3) is 0.278. The summed E-state index contributed by atoms with van der Waals surface area (Å²) in [5.74, 6) is 0. The number of halogens is 1. The second-order valence-electron chi connectivity index (χ2n) is 6.42. The molecular weight excluding hydrogens is 312 g/mol. The Balaban J connectivity index is 2.01. The van der Waals surface area contributed by atoms with Gasteiger partial charge in [0.05, 0.1) is 10.5 Å². The van der Waals surface area contributed by atoms with Gasteiger partial charge in [-0.2, -0.15) is 5.26 Å². The van der Waals surface area contributed by atoms with E-state index in [1.807, 2.05) is 0 Å². The van der Waals surface area contributed by atoms with E-state index >= 15 is 0 Å². The molecule has 0 aliphatic carbocycles. The van der Waals surface area contributed by atoms with Gasteiger partial charge in [0.1, 0.15) is 11.6 Å². The van der Waals surface area contributed by atoms with Gasteiger partial charge in [0.15, 0.2) is 0 Å². The van der Waals surface area contributed by atoms with E-state index in [1.54, 1.807) is 17.5 Å². The third-order valence-electron chi connectivity index (χ3n) is 3.81. The van der Waals surface area contributed by atoms with Crippen LogP contribution in [0.25, 0.3) is 16.0 Å². The highest BCUT2D eigenvalue weighted by molar-refractivity contribution is 7.16. The Bertz CT molecular complexity index is 773. The summed E-state index contributed by atoms with van der Waals surface area (Å²) in [5, 5.41) is 12.3. The van der Waals surface area contributed by atoms with Crippen LogP contribution in [0, 0.1) is 11.3 Å². The average molecular weight is 329 g/mol. The summed E-state index contributed by atoms with van der Waals surface area (Å²) < 4.78 is 0. The van der Waals surface area contributed by atoms with Gasteiger partial charge in [0.25, 0.3) is 0 Å². The van der Waals surface area contributed by atoms with E-state index in [2.05, 4.69) is 62.5 Å². The molecule has 1 aromatic carbocycles. The minimum Gasteiger partial charge on any atom is -0.370 e. The summed E-state index contributed by atoms with van der Waals surface area (Å²) in [7, 11) is 0. The van der Waals surface area contributed by atoms with Gasteiger partial charge in [-0.1, -0.05) is 56.6 Å². The maximum Gasteiger partial charge on any atom is 0.128 e. The van der Waals surface area contributed by atoms with E-state index < -0.39 is 0 Å². The number of fused-ring (bicyclic) bond motifs is 1. The molecule has 0 bridgehead atoms. The number of benzene rings is 1.